The van der Waals surface area contributed by atoms with E-state index in [2.05, 4.69) is 0 Å². The lowest BCUT2D eigenvalue weighted by Gasteiger charge is -2.04. The van der Waals surface area contributed by atoms with E-state index >= 15 is 0 Å². The first kappa shape index (κ1) is 8.78. The van der Waals surface area contributed by atoms with Gasteiger partial charge in [0.15, 0.2) is 0 Å². The Hall–Kier alpha value is -1.31. The number of aldehydes is 1. The van der Waals surface area contributed by atoms with E-state index in [0.29, 0.717) is 6.42 Å². The predicted molar refractivity (Wildman–Crippen MR) is 47.3 cm³/mol. The molecule has 2 heteroatoms. The van der Waals surface area contributed by atoms with Gasteiger partial charge >= 0.3 is 0 Å². The largest absolute Gasteiger partial charge is 0.508 e. The summed E-state index contributed by atoms with van der Waals surface area (Å²) in [4.78, 5) is 10.3. The van der Waals surface area contributed by atoms with E-state index in [1.165, 1.54) is 0 Å². The zero-order valence-electron chi connectivity index (χ0n) is 7.08. The van der Waals surface area contributed by atoms with Gasteiger partial charge in [0.1, 0.15) is 12.0 Å². The summed E-state index contributed by atoms with van der Waals surface area (Å²) >= 11 is 0. The van der Waals surface area contributed by atoms with Gasteiger partial charge in [-0.15, -0.1) is 0 Å². The highest BCUT2D eigenvalue weighted by Crippen LogP contribution is 2.16. The lowest BCUT2D eigenvalue weighted by atomic mass is 10.0. The molecule has 0 saturated heterocycles. The van der Waals surface area contributed by atoms with Crippen LogP contribution in [-0.2, 0) is 17.6 Å². The molecule has 1 aromatic rings. The Bertz CT molecular complexity index is 279. The summed E-state index contributed by atoms with van der Waals surface area (Å²) < 4.78 is 0. The highest BCUT2D eigenvalue weighted by atomic mass is 16.3. The summed E-state index contributed by atoms with van der Waals surface area (Å²) in [5.41, 5.74) is 2.05. The van der Waals surface area contributed by atoms with Crippen LogP contribution in [0.2, 0.25) is 0 Å². The van der Waals surface area contributed by atoms with Crippen molar-refractivity contribution in [2.75, 3.05) is 0 Å². The quantitative estimate of drug-likeness (QED) is 0.690. The summed E-state index contributed by atoms with van der Waals surface area (Å²) in [5, 5.41) is 9.14. The van der Waals surface area contributed by atoms with Gasteiger partial charge in [-0.3, -0.25) is 0 Å². The van der Waals surface area contributed by atoms with Crippen LogP contribution in [0.25, 0.3) is 0 Å². The minimum atomic E-state index is 0.226. The second-order valence-corrected chi connectivity index (χ2v) is 2.68. The Morgan fingerprint density at radius 3 is 2.75 bits per heavy atom. The zero-order valence-corrected chi connectivity index (χ0v) is 7.08. The van der Waals surface area contributed by atoms with Crippen LogP contribution in [0.1, 0.15) is 18.1 Å². The van der Waals surface area contributed by atoms with Crippen LogP contribution < -0.4 is 0 Å². The maximum absolute atomic E-state index is 10.3. The van der Waals surface area contributed by atoms with Gasteiger partial charge in [-0.05, 0) is 29.7 Å². The minimum absolute atomic E-state index is 0.226. The Balaban J connectivity index is 3.03. The summed E-state index contributed by atoms with van der Waals surface area (Å²) in [6.07, 6.45) is 2.13. The topological polar surface area (TPSA) is 37.3 Å². The molecule has 1 aromatic carbocycles. The predicted octanol–water partition coefficient (Wildman–Crippen LogP) is 1.70. The molecule has 64 valence electrons. The molecule has 0 radical (unpaired) electrons. The highest BCUT2D eigenvalue weighted by molar-refractivity contribution is 5.57. The third-order valence-corrected chi connectivity index (χ3v) is 1.87. The number of hydrogen-bond acceptors (Lipinski definition) is 2. The highest BCUT2D eigenvalue weighted by Gasteiger charge is 2.00. The number of carbonyl (C=O) groups is 1. The molecule has 0 heterocycles. The fourth-order valence-electron chi connectivity index (χ4n) is 1.24. The van der Waals surface area contributed by atoms with Crippen molar-refractivity contribution in [3.8, 4) is 5.75 Å². The normalized spacial score (nSPS) is 9.75. The zero-order chi connectivity index (χ0) is 8.97. The lowest BCUT2D eigenvalue weighted by molar-refractivity contribution is -0.107. The first-order valence-electron chi connectivity index (χ1n) is 4.02. The van der Waals surface area contributed by atoms with E-state index < -0.39 is 0 Å². The summed E-state index contributed by atoms with van der Waals surface area (Å²) in [6.45, 7) is 2.03. The van der Waals surface area contributed by atoms with Gasteiger partial charge in [0.2, 0.25) is 0 Å². The van der Waals surface area contributed by atoms with Crippen molar-refractivity contribution >= 4 is 6.29 Å². The van der Waals surface area contributed by atoms with Crippen molar-refractivity contribution in [3.05, 3.63) is 29.3 Å². The van der Waals surface area contributed by atoms with Crippen LogP contribution in [0.5, 0.6) is 5.75 Å². The fraction of sp³-hybridized carbons (Fsp3) is 0.300. The maximum atomic E-state index is 10.3. The van der Waals surface area contributed by atoms with Crippen molar-refractivity contribution in [3.63, 3.8) is 0 Å². The summed E-state index contributed by atoms with van der Waals surface area (Å²) in [5.74, 6) is 0.226. The Labute approximate surface area is 71.8 Å². The molecule has 0 bridgehead atoms. The first-order valence-corrected chi connectivity index (χ1v) is 4.02. The van der Waals surface area contributed by atoms with Crippen molar-refractivity contribution < 1.29 is 9.90 Å². The maximum Gasteiger partial charge on any atom is 0.124 e. The molecule has 0 amide bonds. The Morgan fingerprint density at radius 1 is 1.42 bits per heavy atom. The van der Waals surface area contributed by atoms with Crippen LogP contribution in [0, 0.1) is 0 Å². The van der Waals surface area contributed by atoms with Crippen LogP contribution >= 0.6 is 0 Å². The van der Waals surface area contributed by atoms with Gasteiger partial charge in [0.25, 0.3) is 0 Å². The fourth-order valence-corrected chi connectivity index (χ4v) is 1.24. The Morgan fingerprint density at radius 2 is 2.17 bits per heavy atom. The average molecular weight is 164 g/mol. The lowest BCUT2D eigenvalue weighted by Crippen LogP contribution is -1.92. The first-order chi connectivity index (χ1) is 5.77. The van der Waals surface area contributed by atoms with E-state index in [0.717, 1.165) is 23.8 Å². The molecule has 0 aliphatic rings. The molecule has 1 rings (SSSR count). The third kappa shape index (κ3) is 1.84. The number of phenolic OH excluding ortho intramolecular Hbond substituents is 1. The molecule has 0 aromatic heterocycles. The molecule has 0 spiro atoms. The molecular formula is C10H12O2. The van der Waals surface area contributed by atoms with Crippen molar-refractivity contribution in [2.24, 2.45) is 0 Å². The third-order valence-electron chi connectivity index (χ3n) is 1.87. The monoisotopic (exact) mass is 164 g/mol. The van der Waals surface area contributed by atoms with Crippen LogP contribution in [0.3, 0.4) is 0 Å². The van der Waals surface area contributed by atoms with Gasteiger partial charge < -0.3 is 9.90 Å². The Kier molecular flexibility index (Phi) is 2.86. The van der Waals surface area contributed by atoms with Gasteiger partial charge in [-0.1, -0.05) is 13.0 Å². The van der Waals surface area contributed by atoms with E-state index in [1.807, 2.05) is 13.0 Å². The van der Waals surface area contributed by atoms with E-state index in [9.17, 15) is 4.79 Å². The smallest absolute Gasteiger partial charge is 0.124 e. The van der Waals surface area contributed by atoms with Gasteiger partial charge in [0.05, 0.1) is 0 Å². The molecule has 2 nitrogen and oxygen atoms in total. The molecule has 12 heavy (non-hydrogen) atoms. The van der Waals surface area contributed by atoms with E-state index in [4.69, 9.17) is 5.11 Å². The molecule has 0 fully saturated rings. The molecule has 0 unspecified atom stereocenters. The van der Waals surface area contributed by atoms with Gasteiger partial charge in [0, 0.05) is 6.42 Å². The van der Waals surface area contributed by atoms with Gasteiger partial charge in [-0.2, -0.15) is 0 Å². The van der Waals surface area contributed by atoms with Crippen molar-refractivity contribution in [1.29, 1.82) is 0 Å². The SMILES string of the molecule is CCc1ccc(O)cc1CC=O. The molecular weight excluding hydrogens is 152 g/mol. The standard InChI is InChI=1S/C10H12O2/c1-2-8-3-4-10(12)7-9(8)5-6-11/h3-4,6-7,12H,2,5H2,1H3. The number of phenols is 1. The van der Waals surface area contributed by atoms with Crippen LogP contribution in [0.15, 0.2) is 18.2 Å². The van der Waals surface area contributed by atoms with Crippen molar-refractivity contribution in [2.45, 2.75) is 19.8 Å². The number of hydrogen-bond donors (Lipinski definition) is 1. The molecule has 0 atom stereocenters. The number of rotatable bonds is 3. The average Bonchev–Trinajstić information content (AvgIpc) is 2.05. The van der Waals surface area contributed by atoms with Crippen LogP contribution in [0.4, 0.5) is 0 Å². The van der Waals surface area contributed by atoms with Gasteiger partial charge in [-0.25, -0.2) is 0 Å². The van der Waals surface area contributed by atoms with Crippen LogP contribution in [-0.4, -0.2) is 11.4 Å². The molecule has 0 aliphatic carbocycles. The van der Waals surface area contributed by atoms with Crippen molar-refractivity contribution in [1.82, 2.24) is 0 Å². The molecule has 0 aliphatic heterocycles. The number of carbonyl (C=O) groups excluding carboxylic acids is 1. The number of aromatic hydroxyl groups is 1. The summed E-state index contributed by atoms with van der Waals surface area (Å²) in [7, 11) is 0. The van der Waals surface area contributed by atoms with E-state index in [1.54, 1.807) is 12.1 Å². The molecule has 1 N–H and O–H groups in total. The number of aryl methyl sites for hydroxylation is 1. The minimum Gasteiger partial charge on any atom is -0.508 e. The van der Waals surface area contributed by atoms with E-state index in [-0.39, 0.29) is 5.75 Å². The summed E-state index contributed by atoms with van der Waals surface area (Å²) in [6, 6.07) is 5.15. The molecule has 0 saturated carbocycles. The second kappa shape index (κ2) is 3.90. The number of benzene rings is 1. The second-order valence-electron chi connectivity index (χ2n) is 2.68.